The Morgan fingerprint density at radius 1 is 0.873 bits per heavy atom. The van der Waals surface area contributed by atoms with Crippen molar-refractivity contribution in [2.75, 3.05) is 52.7 Å². The molecule has 0 saturated carbocycles. The number of aromatic nitrogens is 8. The first-order chi connectivity index (χ1) is 30.0. The topological polar surface area (TPSA) is 199 Å². The molecule has 0 spiro atoms. The van der Waals surface area contributed by atoms with Gasteiger partial charge in [-0.25, -0.2) is 24.6 Å². The summed E-state index contributed by atoms with van der Waals surface area (Å²) in [6.45, 7) is 14.2. The van der Waals surface area contributed by atoms with Crippen LogP contribution in [0.25, 0.3) is 28.3 Å². The number of nitrogen functional groups attached to an aromatic ring is 2. The second-order valence-corrected chi connectivity index (χ2v) is 17.1. The SMILES string of the molecule is CC#Cc1nn(-c2nc(-c3cc(C)c4c(c3)CCN(C)C4)cnc2N)cc1C(=O)N(C)C.Cc1cc(-c2cnc(N)c(Oc3cnn(CC(C)(C)C#N)c3)n2)cc2c1CN(C)CC2. The van der Waals surface area contributed by atoms with Crippen LogP contribution >= 0.6 is 0 Å². The second-order valence-electron chi connectivity index (χ2n) is 17.1. The van der Waals surface area contributed by atoms with Crippen LogP contribution in [0.2, 0.25) is 0 Å². The van der Waals surface area contributed by atoms with E-state index in [1.807, 2.05) is 13.8 Å². The molecule has 2 aromatic carbocycles. The molecule has 16 nitrogen and oxygen atoms in total. The Balaban J connectivity index is 0.000000189. The molecule has 16 heteroatoms. The highest BCUT2D eigenvalue weighted by Gasteiger charge is 2.23. The van der Waals surface area contributed by atoms with Gasteiger partial charge < -0.3 is 30.9 Å². The second kappa shape index (κ2) is 18.1. The molecule has 2 aliphatic rings. The molecule has 4 aromatic heterocycles. The number of carbonyl (C=O) groups excluding carboxylic acids is 1. The zero-order chi connectivity index (χ0) is 45.2. The normalized spacial score (nSPS) is 13.7. The van der Waals surface area contributed by atoms with E-state index >= 15 is 0 Å². The van der Waals surface area contributed by atoms with E-state index in [2.05, 4.69) is 105 Å². The summed E-state index contributed by atoms with van der Waals surface area (Å²) in [4.78, 5) is 36.8. The van der Waals surface area contributed by atoms with Gasteiger partial charge >= 0.3 is 0 Å². The molecule has 6 aromatic rings. The van der Waals surface area contributed by atoms with Gasteiger partial charge in [-0.2, -0.15) is 15.5 Å². The predicted molar refractivity (Wildman–Crippen MR) is 243 cm³/mol. The minimum atomic E-state index is -0.527. The summed E-state index contributed by atoms with van der Waals surface area (Å²) in [6.07, 6.45) is 10.3. The fraction of sp³-hybridized carbons (Fsp3) is 0.362. The number of rotatable bonds is 8. The summed E-state index contributed by atoms with van der Waals surface area (Å²) in [5, 5.41) is 18.0. The largest absolute Gasteiger partial charge is 0.433 e. The average Bonchev–Trinajstić information content (AvgIpc) is 3.88. The van der Waals surface area contributed by atoms with E-state index in [0.717, 1.165) is 50.1 Å². The number of ether oxygens (including phenoxy) is 1. The summed E-state index contributed by atoms with van der Waals surface area (Å²) in [5.41, 5.74) is 23.8. The highest BCUT2D eigenvalue weighted by molar-refractivity contribution is 5.96. The van der Waals surface area contributed by atoms with Gasteiger partial charge in [-0.05, 0) is 125 Å². The van der Waals surface area contributed by atoms with Crippen molar-refractivity contribution in [3.63, 3.8) is 0 Å². The number of carbonyl (C=O) groups is 1. The van der Waals surface area contributed by atoms with Gasteiger partial charge in [0.2, 0.25) is 0 Å². The molecule has 0 unspecified atom stereocenters. The quantitative estimate of drug-likeness (QED) is 0.173. The third-order valence-corrected chi connectivity index (χ3v) is 11.1. The number of anilines is 2. The van der Waals surface area contributed by atoms with Gasteiger partial charge in [0.05, 0.1) is 59.8 Å². The van der Waals surface area contributed by atoms with Crippen LogP contribution in [-0.2, 0) is 32.5 Å². The number of aryl methyl sites for hydroxylation is 2. The summed E-state index contributed by atoms with van der Waals surface area (Å²) in [6, 6.07) is 10.9. The number of nitrogens with two attached hydrogens (primary N) is 2. The van der Waals surface area contributed by atoms with Crippen LogP contribution in [-0.4, -0.2) is 101 Å². The van der Waals surface area contributed by atoms with Crippen molar-refractivity contribution in [2.24, 2.45) is 5.41 Å². The number of hydrogen-bond donors (Lipinski definition) is 2. The standard InChI is InChI=1S/C24H27N7O.C23H27N7O/c1-6-7-20-19(24(32)29(3)4)14-31(28-20)23-22(25)26-12-21(27-23)17-10-15(2)18-13-30(5)9-8-16(18)11-17;1-15-7-17(8-16-5-6-29(4)12-19(15)16)20-10-26-21(25)22(28-20)31-18-9-27-30(11-18)14-23(2,3)13-24/h10-12,14H,8-9,13H2,1-5H3,(H2,25,26);7-11H,5-6,12,14H2,1-4H3,(H2,25,26). The molecule has 6 heterocycles. The van der Waals surface area contributed by atoms with Gasteiger partial charge in [0.1, 0.15) is 5.69 Å². The number of fused-ring (bicyclic) bond motifs is 2. The lowest BCUT2D eigenvalue weighted by Crippen LogP contribution is -2.27. The van der Waals surface area contributed by atoms with Gasteiger partial charge in [-0.1, -0.05) is 5.92 Å². The van der Waals surface area contributed by atoms with Gasteiger partial charge in [0.15, 0.2) is 23.2 Å². The molecule has 0 bridgehead atoms. The third kappa shape index (κ3) is 9.83. The number of nitrogens with zero attached hydrogens (tertiary/aromatic N) is 12. The lowest BCUT2D eigenvalue weighted by atomic mass is 9.92. The lowest BCUT2D eigenvalue weighted by Gasteiger charge is -2.27. The maximum atomic E-state index is 12.6. The molecule has 0 radical (unpaired) electrons. The third-order valence-electron chi connectivity index (χ3n) is 11.1. The molecule has 4 N–H and O–H groups in total. The highest BCUT2D eigenvalue weighted by atomic mass is 16.5. The monoisotopic (exact) mass is 846 g/mol. The fourth-order valence-electron chi connectivity index (χ4n) is 7.71. The minimum absolute atomic E-state index is 0.188. The molecule has 0 fully saturated rings. The van der Waals surface area contributed by atoms with Gasteiger partial charge in [-0.3, -0.25) is 9.48 Å². The molecule has 0 saturated heterocycles. The van der Waals surface area contributed by atoms with Gasteiger partial charge in [-0.15, -0.1) is 0 Å². The number of hydrogen-bond acceptors (Lipinski definition) is 13. The van der Waals surface area contributed by atoms with Crippen molar-refractivity contribution in [3.8, 4) is 57.9 Å². The van der Waals surface area contributed by atoms with Crippen LogP contribution < -0.4 is 16.2 Å². The zero-order valence-corrected chi connectivity index (χ0v) is 37.5. The van der Waals surface area contributed by atoms with Crippen molar-refractivity contribution in [3.05, 3.63) is 99.9 Å². The molecule has 0 aliphatic carbocycles. The number of amides is 1. The Kier molecular flexibility index (Phi) is 12.6. The van der Waals surface area contributed by atoms with Crippen LogP contribution in [0.3, 0.4) is 0 Å². The molecule has 1 amide bonds. The molecule has 2 aliphatic heterocycles. The van der Waals surface area contributed by atoms with Crippen molar-refractivity contribution in [1.82, 2.24) is 54.2 Å². The Bertz CT molecular complexity index is 2800. The Hall–Kier alpha value is -7.14. The fourth-order valence-corrected chi connectivity index (χ4v) is 7.71. The predicted octanol–water partition coefficient (Wildman–Crippen LogP) is 5.84. The smallest absolute Gasteiger partial charge is 0.263 e. The van der Waals surface area contributed by atoms with Crippen LogP contribution in [0.15, 0.2) is 55.2 Å². The Morgan fingerprint density at radius 3 is 2.03 bits per heavy atom. The maximum Gasteiger partial charge on any atom is 0.263 e. The molecular formula is C47H54N14O2. The summed E-state index contributed by atoms with van der Waals surface area (Å²) in [7, 11) is 7.67. The van der Waals surface area contributed by atoms with E-state index in [4.69, 9.17) is 21.2 Å². The van der Waals surface area contributed by atoms with E-state index in [0.29, 0.717) is 40.8 Å². The van der Waals surface area contributed by atoms with E-state index in [-0.39, 0.29) is 23.4 Å². The van der Waals surface area contributed by atoms with E-state index in [1.54, 1.807) is 56.7 Å². The van der Waals surface area contributed by atoms with E-state index < -0.39 is 5.41 Å². The van der Waals surface area contributed by atoms with Crippen LogP contribution in [0.4, 0.5) is 11.6 Å². The first-order valence-corrected chi connectivity index (χ1v) is 20.8. The Morgan fingerprint density at radius 2 is 1.46 bits per heavy atom. The summed E-state index contributed by atoms with van der Waals surface area (Å²) < 4.78 is 9.05. The summed E-state index contributed by atoms with van der Waals surface area (Å²) >= 11 is 0. The first kappa shape index (κ1) is 43.9. The van der Waals surface area contributed by atoms with Gasteiger partial charge in [0, 0.05) is 57.6 Å². The van der Waals surface area contributed by atoms with E-state index in [9.17, 15) is 10.1 Å². The van der Waals surface area contributed by atoms with Crippen molar-refractivity contribution >= 4 is 17.5 Å². The van der Waals surface area contributed by atoms with Crippen molar-refractivity contribution in [1.29, 1.82) is 5.26 Å². The van der Waals surface area contributed by atoms with Crippen LogP contribution in [0.1, 0.15) is 70.2 Å². The zero-order valence-electron chi connectivity index (χ0n) is 37.5. The number of nitriles is 1. The highest BCUT2D eigenvalue weighted by Crippen LogP contribution is 2.32. The van der Waals surface area contributed by atoms with Crippen LogP contribution in [0.5, 0.6) is 11.6 Å². The number of likely N-dealkylation sites (N-methyl/N-ethyl adjacent to an activating group) is 2. The molecule has 0 atom stereocenters. The molecule has 8 rings (SSSR count). The average molecular weight is 847 g/mol. The van der Waals surface area contributed by atoms with Crippen LogP contribution in [0, 0.1) is 42.4 Å². The van der Waals surface area contributed by atoms with Gasteiger partial charge in [0.25, 0.3) is 11.8 Å². The van der Waals surface area contributed by atoms with Crippen molar-refractivity contribution in [2.45, 2.75) is 67.1 Å². The first-order valence-electron chi connectivity index (χ1n) is 20.8. The molecule has 324 valence electrons. The molecule has 63 heavy (non-hydrogen) atoms. The lowest BCUT2D eigenvalue weighted by molar-refractivity contribution is 0.0827. The van der Waals surface area contributed by atoms with Crippen molar-refractivity contribution < 1.29 is 9.53 Å². The van der Waals surface area contributed by atoms with E-state index in [1.165, 1.54) is 43.0 Å². The Labute approximate surface area is 368 Å². The number of benzene rings is 2. The maximum absolute atomic E-state index is 12.6. The molecular weight excluding hydrogens is 793 g/mol. The summed E-state index contributed by atoms with van der Waals surface area (Å²) in [5.74, 6) is 7.06. The minimum Gasteiger partial charge on any atom is -0.433 e.